The molecule has 3 rings (SSSR count). The van der Waals surface area contributed by atoms with Crippen molar-refractivity contribution in [2.45, 2.75) is 13.0 Å². The first-order valence-electron chi connectivity index (χ1n) is 9.40. The Kier molecular flexibility index (Phi) is 6.70. The zero-order chi connectivity index (χ0) is 21.5. The summed E-state index contributed by atoms with van der Waals surface area (Å²) in [5, 5.41) is 4.86. The van der Waals surface area contributed by atoms with Crippen LogP contribution in [0.25, 0.3) is 16.8 Å². The van der Waals surface area contributed by atoms with Crippen LogP contribution < -0.4 is 14.8 Å². The van der Waals surface area contributed by atoms with Gasteiger partial charge in [-0.15, -0.1) is 0 Å². The lowest BCUT2D eigenvalue weighted by Crippen LogP contribution is -2.29. The van der Waals surface area contributed by atoms with Gasteiger partial charge >= 0.3 is 5.97 Å². The summed E-state index contributed by atoms with van der Waals surface area (Å²) in [5.41, 5.74) is 1.32. The van der Waals surface area contributed by atoms with Crippen molar-refractivity contribution in [3.05, 3.63) is 72.3 Å². The summed E-state index contributed by atoms with van der Waals surface area (Å²) < 4.78 is 15.6. The minimum atomic E-state index is -0.952. The van der Waals surface area contributed by atoms with Crippen molar-refractivity contribution in [2.24, 2.45) is 0 Å². The Labute approximate surface area is 175 Å². The van der Waals surface area contributed by atoms with Gasteiger partial charge in [-0.1, -0.05) is 30.3 Å². The first-order valence-corrected chi connectivity index (χ1v) is 9.40. The van der Waals surface area contributed by atoms with E-state index < -0.39 is 18.0 Å². The molecule has 0 unspecified atom stereocenters. The number of esters is 1. The summed E-state index contributed by atoms with van der Waals surface area (Å²) in [6.45, 7) is 1.52. The largest absolute Gasteiger partial charge is 0.497 e. The first kappa shape index (κ1) is 20.9. The lowest BCUT2D eigenvalue weighted by molar-refractivity contribution is -0.148. The molecule has 0 aliphatic heterocycles. The van der Waals surface area contributed by atoms with E-state index in [-0.39, 0.29) is 0 Å². The second-order valence-electron chi connectivity index (χ2n) is 6.57. The van der Waals surface area contributed by atoms with Crippen molar-refractivity contribution >= 4 is 34.4 Å². The molecule has 30 heavy (non-hydrogen) atoms. The molecule has 0 radical (unpaired) electrons. The summed E-state index contributed by atoms with van der Waals surface area (Å²) in [6.07, 6.45) is 1.87. The van der Waals surface area contributed by atoms with E-state index in [0.717, 1.165) is 10.8 Å². The molecule has 3 aromatic carbocycles. The number of hydrogen-bond acceptors (Lipinski definition) is 5. The maximum Gasteiger partial charge on any atom is 0.331 e. The fourth-order valence-corrected chi connectivity index (χ4v) is 2.89. The fraction of sp³-hybridized carbons (Fsp3) is 0.167. The molecule has 154 valence electrons. The van der Waals surface area contributed by atoms with E-state index in [0.29, 0.717) is 22.7 Å². The number of ether oxygens (including phenoxy) is 3. The van der Waals surface area contributed by atoms with Gasteiger partial charge in [0.25, 0.3) is 5.91 Å². The van der Waals surface area contributed by atoms with Gasteiger partial charge in [0.15, 0.2) is 6.10 Å². The summed E-state index contributed by atoms with van der Waals surface area (Å²) in [7, 11) is 3.09. The zero-order valence-electron chi connectivity index (χ0n) is 17.0. The molecule has 1 N–H and O–H groups in total. The van der Waals surface area contributed by atoms with Crippen LogP contribution in [0.15, 0.2) is 66.7 Å². The monoisotopic (exact) mass is 405 g/mol. The van der Waals surface area contributed by atoms with Crippen LogP contribution in [-0.2, 0) is 14.3 Å². The molecule has 0 saturated heterocycles. The van der Waals surface area contributed by atoms with Gasteiger partial charge in [0.05, 0.1) is 14.2 Å². The van der Waals surface area contributed by atoms with Gasteiger partial charge in [0.1, 0.15) is 11.5 Å². The van der Waals surface area contributed by atoms with Crippen LogP contribution in [-0.4, -0.2) is 32.2 Å². The summed E-state index contributed by atoms with van der Waals surface area (Å²) in [5.74, 6) is 0.161. The van der Waals surface area contributed by atoms with Gasteiger partial charge in [-0.3, -0.25) is 4.79 Å². The van der Waals surface area contributed by atoms with Crippen LogP contribution in [0.4, 0.5) is 5.69 Å². The van der Waals surface area contributed by atoms with E-state index in [2.05, 4.69) is 5.32 Å². The van der Waals surface area contributed by atoms with Crippen LogP contribution >= 0.6 is 0 Å². The fourth-order valence-electron chi connectivity index (χ4n) is 2.89. The molecule has 0 saturated carbocycles. The number of rotatable bonds is 7. The van der Waals surface area contributed by atoms with Gasteiger partial charge in [-0.2, -0.15) is 0 Å². The minimum Gasteiger partial charge on any atom is -0.497 e. The summed E-state index contributed by atoms with van der Waals surface area (Å²) >= 11 is 0. The number of carbonyl (C=O) groups excluding carboxylic acids is 2. The molecule has 1 atom stereocenters. The molecule has 6 heteroatoms. The maximum atomic E-state index is 12.4. The standard InChI is InChI=1S/C24H23NO5/c1-16(24(27)25-20-11-8-17-6-4-5-7-19(17)14-20)30-23(26)13-10-18-9-12-21(28-2)15-22(18)29-3/h4-16H,1-3H3,(H,25,27)/b13-10+/t16-/m0/s1. The Bertz CT molecular complexity index is 1090. The molecular formula is C24H23NO5. The van der Waals surface area contributed by atoms with Crippen molar-refractivity contribution in [3.63, 3.8) is 0 Å². The number of amides is 1. The van der Waals surface area contributed by atoms with Crippen LogP contribution in [0.2, 0.25) is 0 Å². The molecular weight excluding hydrogens is 382 g/mol. The van der Waals surface area contributed by atoms with Crippen molar-refractivity contribution in [1.82, 2.24) is 0 Å². The van der Waals surface area contributed by atoms with Crippen molar-refractivity contribution in [2.75, 3.05) is 19.5 Å². The van der Waals surface area contributed by atoms with E-state index in [1.165, 1.54) is 20.1 Å². The number of hydrogen-bond donors (Lipinski definition) is 1. The smallest absolute Gasteiger partial charge is 0.331 e. The Morgan fingerprint density at radius 2 is 1.70 bits per heavy atom. The van der Waals surface area contributed by atoms with Crippen LogP contribution in [0.3, 0.4) is 0 Å². The second kappa shape index (κ2) is 9.60. The molecule has 0 bridgehead atoms. The van der Waals surface area contributed by atoms with Crippen molar-refractivity contribution in [3.8, 4) is 11.5 Å². The highest BCUT2D eigenvalue weighted by molar-refractivity contribution is 5.98. The predicted octanol–water partition coefficient (Wildman–Crippen LogP) is 4.44. The van der Waals surface area contributed by atoms with E-state index in [1.54, 1.807) is 31.4 Å². The molecule has 0 aliphatic rings. The van der Waals surface area contributed by atoms with E-state index in [9.17, 15) is 9.59 Å². The Hall–Kier alpha value is -3.80. The highest BCUT2D eigenvalue weighted by Gasteiger charge is 2.17. The Morgan fingerprint density at radius 3 is 2.43 bits per heavy atom. The number of carbonyl (C=O) groups is 2. The number of methoxy groups -OCH3 is 2. The van der Waals surface area contributed by atoms with Crippen LogP contribution in [0.1, 0.15) is 12.5 Å². The molecule has 0 aliphatic carbocycles. The summed E-state index contributed by atoms with van der Waals surface area (Å²) in [6, 6.07) is 18.7. The van der Waals surface area contributed by atoms with Gasteiger partial charge in [0, 0.05) is 23.4 Å². The number of nitrogens with one attached hydrogen (secondary N) is 1. The average molecular weight is 405 g/mol. The van der Waals surface area contributed by atoms with Gasteiger partial charge in [-0.05, 0) is 48.0 Å². The zero-order valence-corrected chi connectivity index (χ0v) is 17.0. The highest BCUT2D eigenvalue weighted by atomic mass is 16.5. The molecule has 6 nitrogen and oxygen atoms in total. The lowest BCUT2D eigenvalue weighted by Gasteiger charge is -2.13. The van der Waals surface area contributed by atoms with E-state index >= 15 is 0 Å². The molecule has 3 aromatic rings. The van der Waals surface area contributed by atoms with Crippen LogP contribution in [0.5, 0.6) is 11.5 Å². The molecule has 0 aromatic heterocycles. The van der Waals surface area contributed by atoms with Gasteiger partial charge in [-0.25, -0.2) is 4.79 Å². The normalized spacial score (nSPS) is 11.8. The van der Waals surface area contributed by atoms with Crippen molar-refractivity contribution in [1.29, 1.82) is 0 Å². The molecule has 0 fully saturated rings. The third kappa shape index (κ3) is 5.17. The highest BCUT2D eigenvalue weighted by Crippen LogP contribution is 2.25. The molecule has 0 heterocycles. The van der Waals surface area contributed by atoms with Crippen LogP contribution in [0, 0.1) is 0 Å². The predicted molar refractivity (Wildman–Crippen MR) is 117 cm³/mol. The molecule has 1 amide bonds. The lowest BCUT2D eigenvalue weighted by atomic mass is 10.1. The minimum absolute atomic E-state index is 0.408. The Balaban J connectivity index is 1.60. The maximum absolute atomic E-state index is 12.4. The quantitative estimate of drug-likeness (QED) is 0.465. The SMILES string of the molecule is COc1ccc(/C=C/C(=O)O[C@@H](C)C(=O)Nc2ccc3ccccc3c2)c(OC)c1. The summed E-state index contributed by atoms with van der Waals surface area (Å²) in [4.78, 5) is 24.5. The third-order valence-electron chi connectivity index (χ3n) is 4.52. The average Bonchev–Trinajstić information content (AvgIpc) is 2.77. The van der Waals surface area contributed by atoms with Gasteiger partial charge in [0.2, 0.25) is 0 Å². The topological polar surface area (TPSA) is 73.9 Å². The number of anilines is 1. The Morgan fingerprint density at radius 1 is 0.933 bits per heavy atom. The molecule has 0 spiro atoms. The van der Waals surface area contributed by atoms with Crippen molar-refractivity contribution < 1.29 is 23.8 Å². The second-order valence-corrected chi connectivity index (χ2v) is 6.57. The number of fused-ring (bicyclic) bond motifs is 1. The van der Waals surface area contributed by atoms with E-state index in [4.69, 9.17) is 14.2 Å². The number of benzene rings is 3. The van der Waals surface area contributed by atoms with Gasteiger partial charge < -0.3 is 19.5 Å². The first-order chi connectivity index (χ1) is 14.5. The van der Waals surface area contributed by atoms with E-state index in [1.807, 2.05) is 42.5 Å². The third-order valence-corrected chi connectivity index (χ3v) is 4.52.